The number of aryl methyl sites for hydroxylation is 8. The lowest BCUT2D eigenvalue weighted by Crippen LogP contribution is -2.29. The Labute approximate surface area is 300 Å². The normalized spacial score (nSPS) is 12.5. The summed E-state index contributed by atoms with van der Waals surface area (Å²) in [7, 11) is 16.6. The van der Waals surface area contributed by atoms with Gasteiger partial charge in [0.1, 0.15) is 71.8 Å². The molecule has 0 aliphatic carbocycles. The van der Waals surface area contributed by atoms with Gasteiger partial charge in [-0.3, -0.25) is 0 Å². The maximum absolute atomic E-state index is 5.43. The number of H-pyrrole nitrogens is 2. The molecule has 12 heteroatoms. The Kier molecular flexibility index (Phi) is 6.94. The molecule has 52 heavy (non-hydrogen) atoms. The van der Waals surface area contributed by atoms with E-state index in [4.69, 9.17) is 9.97 Å². The van der Waals surface area contributed by atoms with Crippen molar-refractivity contribution in [3.05, 3.63) is 96.6 Å². The van der Waals surface area contributed by atoms with Gasteiger partial charge in [0.05, 0.1) is 101 Å². The van der Waals surface area contributed by atoms with Gasteiger partial charge in [-0.1, -0.05) is 0 Å². The van der Waals surface area contributed by atoms with E-state index in [0.29, 0.717) is 0 Å². The summed E-state index contributed by atoms with van der Waals surface area (Å²) in [6.45, 7) is 0. The average molecular weight is 691 g/mol. The Hall–Kier alpha value is -6.56. The molecule has 2 aliphatic heterocycles. The van der Waals surface area contributed by atoms with E-state index in [-0.39, 0.29) is 0 Å². The number of hydrogen-bond acceptors (Lipinski definition) is 2. The third-order valence-corrected chi connectivity index (χ3v) is 10.4. The van der Waals surface area contributed by atoms with Crippen LogP contribution in [0.15, 0.2) is 73.8 Å². The molecule has 8 bridgehead atoms. The molecule has 9 rings (SSSR count). The standard InChI is InChI=1S/C40H41N12/c1-45-17-18-46(2)37(45)33-25-9-11-27(41-25)34(38-47(3)19-20-48(38)4)29-13-15-31(43-29)36(40-51(7)23-24-52(40)8)32-16-14-30(44-32)35(28-12-10-26(33)42-28)39-49(5)21-22-50(39)6/h9-24H,1-8H3,(H,41,42,43,44)/q+3/p+1. The summed E-state index contributed by atoms with van der Waals surface area (Å²) in [5.41, 5.74) is 11.3. The predicted octanol–water partition coefficient (Wildman–Crippen LogP) is 3.98. The summed E-state index contributed by atoms with van der Waals surface area (Å²) in [6, 6.07) is 8.70. The molecule has 0 unspecified atom stereocenters. The topological polar surface area (TPSA) is 92.6 Å². The van der Waals surface area contributed by atoms with Crippen molar-refractivity contribution < 1.29 is 18.3 Å². The first kappa shape index (κ1) is 31.4. The van der Waals surface area contributed by atoms with Gasteiger partial charge in [0.25, 0.3) is 23.3 Å². The summed E-state index contributed by atoms with van der Waals surface area (Å²) in [6.07, 6.45) is 25.1. The van der Waals surface area contributed by atoms with Crippen molar-refractivity contribution in [3.8, 4) is 45.6 Å². The minimum absolute atomic E-state index is 0.849. The van der Waals surface area contributed by atoms with E-state index < -0.39 is 0 Å². The molecule has 0 spiro atoms. The third kappa shape index (κ3) is 4.67. The largest absolute Gasteiger partial charge is 0.354 e. The minimum atomic E-state index is 0.849. The van der Waals surface area contributed by atoms with Crippen LogP contribution in [0.2, 0.25) is 0 Å². The molecule has 0 amide bonds. The second-order valence-electron chi connectivity index (χ2n) is 13.9. The van der Waals surface area contributed by atoms with Gasteiger partial charge in [-0.15, -0.1) is 0 Å². The lowest BCUT2D eigenvalue weighted by atomic mass is 10.1. The zero-order chi connectivity index (χ0) is 36.0. The van der Waals surface area contributed by atoms with Gasteiger partial charge in [-0.05, 0) is 48.6 Å². The van der Waals surface area contributed by atoms with Crippen LogP contribution in [0.3, 0.4) is 0 Å². The zero-order valence-electron chi connectivity index (χ0n) is 30.7. The Morgan fingerprint density at radius 3 is 0.981 bits per heavy atom. The molecule has 0 fully saturated rings. The van der Waals surface area contributed by atoms with Crippen molar-refractivity contribution in [3.63, 3.8) is 0 Å². The Morgan fingerprint density at radius 1 is 0.404 bits per heavy atom. The van der Waals surface area contributed by atoms with Crippen molar-refractivity contribution in [2.75, 3.05) is 0 Å². The summed E-state index contributed by atoms with van der Waals surface area (Å²) < 4.78 is 17.2. The van der Waals surface area contributed by atoms with E-state index in [0.717, 1.165) is 90.4 Å². The molecule has 0 radical (unpaired) electrons. The van der Waals surface area contributed by atoms with Crippen LogP contribution in [-0.2, 0) is 56.4 Å². The molecular weight excluding hydrogens is 649 g/mol. The molecule has 12 nitrogen and oxygen atoms in total. The third-order valence-electron chi connectivity index (χ3n) is 10.4. The quantitative estimate of drug-likeness (QED) is 0.274. The number of fused-ring (bicyclic) bond motifs is 8. The highest BCUT2D eigenvalue weighted by atomic mass is 15.1. The van der Waals surface area contributed by atoms with E-state index in [9.17, 15) is 0 Å². The number of nitrogens with one attached hydrogen (secondary N) is 2. The monoisotopic (exact) mass is 690 g/mol. The van der Waals surface area contributed by atoms with E-state index in [2.05, 4.69) is 201 Å². The van der Waals surface area contributed by atoms with Crippen molar-refractivity contribution in [1.82, 2.24) is 38.2 Å². The van der Waals surface area contributed by atoms with Crippen LogP contribution in [-0.4, -0.2) is 38.2 Å². The summed E-state index contributed by atoms with van der Waals surface area (Å²) in [5.74, 6) is 4.12. The highest BCUT2D eigenvalue weighted by molar-refractivity contribution is 5.97. The predicted molar refractivity (Wildman–Crippen MR) is 201 cm³/mol. The lowest BCUT2D eigenvalue weighted by Gasteiger charge is -2.04. The first-order valence-electron chi connectivity index (χ1n) is 17.3. The van der Waals surface area contributed by atoms with Crippen molar-refractivity contribution >= 4 is 46.4 Å². The van der Waals surface area contributed by atoms with Crippen LogP contribution in [0.25, 0.3) is 91.9 Å². The smallest absolute Gasteiger partial charge is 0.292 e. The molecule has 0 aromatic carbocycles. The molecule has 2 N–H and O–H groups in total. The van der Waals surface area contributed by atoms with Gasteiger partial charge in [-0.2, -0.15) is 0 Å². The maximum Gasteiger partial charge on any atom is 0.292 e. The van der Waals surface area contributed by atoms with Crippen LogP contribution in [0, 0.1) is 0 Å². The van der Waals surface area contributed by atoms with E-state index >= 15 is 0 Å². The number of nitrogens with zero attached hydrogens (tertiary/aromatic N) is 10. The number of imidazole rings is 4. The average Bonchev–Trinajstić information content (AvgIpc) is 3.98. The SMILES string of the molecule is Cn1cc[n+](C)c1-c1c2nc(c(-c3n(C)cc[n+]3C)c3ccc([nH]3)c(-c3n(C)cc[n+]3C)c3ccc([nH]3)c(-c3n(C)cc[n+]3C)c3nc1C=C3)C=C2. The van der Waals surface area contributed by atoms with Crippen LogP contribution in [0.5, 0.6) is 0 Å². The number of aromatic amines is 2. The fraction of sp³-hybridized carbons (Fsp3) is 0.200. The van der Waals surface area contributed by atoms with Gasteiger partial charge in [0.15, 0.2) is 0 Å². The molecule has 0 saturated carbocycles. The van der Waals surface area contributed by atoms with Crippen LogP contribution >= 0.6 is 0 Å². The Morgan fingerprint density at radius 2 is 0.673 bits per heavy atom. The van der Waals surface area contributed by atoms with E-state index in [1.165, 1.54) is 0 Å². The molecule has 7 aromatic rings. The summed E-state index contributed by atoms with van der Waals surface area (Å²) >= 11 is 0. The maximum atomic E-state index is 5.43. The highest BCUT2D eigenvalue weighted by Gasteiger charge is 2.29. The van der Waals surface area contributed by atoms with E-state index in [1.807, 2.05) is 0 Å². The summed E-state index contributed by atoms with van der Waals surface area (Å²) in [4.78, 5) is 18.6. The van der Waals surface area contributed by atoms with Crippen LogP contribution in [0.4, 0.5) is 0 Å². The van der Waals surface area contributed by atoms with Gasteiger partial charge in [0, 0.05) is 0 Å². The van der Waals surface area contributed by atoms with Gasteiger partial charge in [-0.25, -0.2) is 46.5 Å². The van der Waals surface area contributed by atoms with Crippen molar-refractivity contribution in [2.45, 2.75) is 0 Å². The second kappa shape index (κ2) is 11.5. The van der Waals surface area contributed by atoms with Crippen molar-refractivity contribution in [1.29, 1.82) is 0 Å². The molecule has 9 heterocycles. The Bertz CT molecular complexity index is 2610. The molecule has 7 aromatic heterocycles. The van der Waals surface area contributed by atoms with E-state index in [1.54, 1.807) is 0 Å². The van der Waals surface area contributed by atoms with Crippen LogP contribution < -0.4 is 18.3 Å². The minimum Gasteiger partial charge on any atom is -0.354 e. The number of rotatable bonds is 4. The fourth-order valence-corrected chi connectivity index (χ4v) is 7.92. The zero-order valence-corrected chi connectivity index (χ0v) is 30.7. The molecule has 0 atom stereocenters. The molecule has 2 aliphatic rings. The Balaban J connectivity index is 1.53. The molecular formula is C40H42N12+4. The summed E-state index contributed by atoms with van der Waals surface area (Å²) in [5, 5.41) is 0. The van der Waals surface area contributed by atoms with Gasteiger partial charge < -0.3 is 9.97 Å². The number of aromatic nitrogens is 12. The first-order chi connectivity index (χ1) is 25.1. The second-order valence-corrected chi connectivity index (χ2v) is 13.9. The number of hydrogen-bond donors (Lipinski definition) is 2. The molecule has 0 saturated heterocycles. The van der Waals surface area contributed by atoms with Gasteiger partial charge in [0.2, 0.25) is 0 Å². The first-order valence-corrected chi connectivity index (χ1v) is 17.3. The van der Waals surface area contributed by atoms with Gasteiger partial charge >= 0.3 is 0 Å². The fourth-order valence-electron chi connectivity index (χ4n) is 7.92. The molecule has 258 valence electrons. The van der Waals surface area contributed by atoms with Crippen molar-refractivity contribution in [2.24, 2.45) is 56.4 Å². The van der Waals surface area contributed by atoms with Crippen LogP contribution in [0.1, 0.15) is 22.8 Å². The highest BCUT2D eigenvalue weighted by Crippen LogP contribution is 2.36. The lowest BCUT2D eigenvalue weighted by molar-refractivity contribution is -0.659.